The fraction of sp³-hybridized carbons (Fsp3) is 0.385. The fourth-order valence-electron chi connectivity index (χ4n) is 1.81. The Bertz CT molecular complexity index is 707. The van der Waals surface area contributed by atoms with Gasteiger partial charge in [-0.1, -0.05) is 15.9 Å². The number of hydrogen-bond donors (Lipinski definition) is 0. The van der Waals surface area contributed by atoms with Gasteiger partial charge in [0.2, 0.25) is 0 Å². The summed E-state index contributed by atoms with van der Waals surface area (Å²) < 4.78 is 8.61. The van der Waals surface area contributed by atoms with E-state index in [9.17, 15) is 9.59 Å². The molecule has 102 valence electrons. The highest BCUT2D eigenvalue weighted by molar-refractivity contribution is 9.10. The van der Waals surface area contributed by atoms with Crippen LogP contribution in [0.25, 0.3) is 10.9 Å². The van der Waals surface area contributed by atoms with E-state index >= 15 is 0 Å². The van der Waals surface area contributed by atoms with Crippen LogP contribution in [-0.4, -0.2) is 21.1 Å². The molecular formula is C13H15BrN2O3. The first-order valence-electron chi connectivity index (χ1n) is 5.81. The van der Waals surface area contributed by atoms with Crippen LogP contribution in [0.15, 0.2) is 27.5 Å². The molecule has 1 heterocycles. The van der Waals surface area contributed by atoms with Gasteiger partial charge in [-0.3, -0.25) is 4.79 Å². The average molecular weight is 327 g/mol. The number of rotatable bonds is 0. The van der Waals surface area contributed by atoms with Gasteiger partial charge >= 0.3 is 6.09 Å². The molecule has 0 N–H and O–H groups in total. The summed E-state index contributed by atoms with van der Waals surface area (Å²) in [6, 6.07) is 5.17. The summed E-state index contributed by atoms with van der Waals surface area (Å²) in [6.45, 7) is 5.35. The smallest absolute Gasteiger partial charge is 0.434 e. The van der Waals surface area contributed by atoms with E-state index in [0.717, 1.165) is 4.47 Å². The van der Waals surface area contributed by atoms with E-state index in [4.69, 9.17) is 4.74 Å². The summed E-state index contributed by atoms with van der Waals surface area (Å²) >= 11 is 3.33. The van der Waals surface area contributed by atoms with Crippen LogP contribution in [-0.2, 0) is 11.8 Å². The molecule has 0 radical (unpaired) electrons. The van der Waals surface area contributed by atoms with Crippen LogP contribution < -0.4 is 5.56 Å². The summed E-state index contributed by atoms with van der Waals surface area (Å²) in [6.07, 6.45) is -0.569. The molecule has 0 saturated heterocycles. The van der Waals surface area contributed by atoms with Crippen molar-refractivity contribution in [2.75, 3.05) is 0 Å². The molecule has 0 aliphatic heterocycles. The summed E-state index contributed by atoms with van der Waals surface area (Å²) in [5.41, 5.74) is -0.320. The molecule has 1 aromatic heterocycles. The lowest BCUT2D eigenvalue weighted by atomic mass is 10.2. The number of fused-ring (bicyclic) bond motifs is 1. The minimum atomic E-state index is -0.615. The second-order valence-electron chi connectivity index (χ2n) is 5.28. The van der Waals surface area contributed by atoms with Gasteiger partial charge in [0.05, 0.1) is 10.9 Å². The lowest BCUT2D eigenvalue weighted by Crippen LogP contribution is -2.31. The number of benzene rings is 1. The van der Waals surface area contributed by atoms with Crippen molar-refractivity contribution in [1.82, 2.24) is 9.36 Å². The van der Waals surface area contributed by atoms with E-state index in [2.05, 4.69) is 15.9 Å². The van der Waals surface area contributed by atoms with Gasteiger partial charge in [0, 0.05) is 11.5 Å². The van der Waals surface area contributed by atoms with Crippen molar-refractivity contribution in [3.8, 4) is 0 Å². The molecule has 0 saturated carbocycles. The predicted molar refractivity (Wildman–Crippen MR) is 76.5 cm³/mol. The van der Waals surface area contributed by atoms with Crippen molar-refractivity contribution in [1.29, 1.82) is 0 Å². The Labute approximate surface area is 118 Å². The summed E-state index contributed by atoms with van der Waals surface area (Å²) in [5.74, 6) is 0. The minimum absolute atomic E-state index is 0.228. The zero-order valence-corrected chi connectivity index (χ0v) is 12.8. The molecule has 19 heavy (non-hydrogen) atoms. The van der Waals surface area contributed by atoms with Crippen LogP contribution in [0.1, 0.15) is 20.8 Å². The maximum absolute atomic E-state index is 12.2. The molecule has 5 nitrogen and oxygen atoms in total. The Balaban J connectivity index is 2.66. The van der Waals surface area contributed by atoms with Crippen LogP contribution in [0.3, 0.4) is 0 Å². The number of hydrogen-bond acceptors (Lipinski definition) is 3. The van der Waals surface area contributed by atoms with Crippen LogP contribution >= 0.6 is 15.9 Å². The SMILES string of the molecule is Cn1c(=O)c2ccc(Br)cc2n1C(=O)OC(C)(C)C. The predicted octanol–water partition coefficient (Wildman–Crippen LogP) is 2.89. The second-order valence-corrected chi connectivity index (χ2v) is 6.20. The molecule has 0 bridgehead atoms. The zero-order chi connectivity index (χ0) is 14.4. The van der Waals surface area contributed by atoms with Gasteiger partial charge in [0.1, 0.15) is 5.60 Å². The standard InChI is InChI=1S/C13H15BrN2O3/c1-13(2,3)19-12(18)16-10-7-8(14)5-6-9(10)11(17)15(16)4/h5-7H,1-4H3. The molecular weight excluding hydrogens is 312 g/mol. The fourth-order valence-corrected chi connectivity index (χ4v) is 2.16. The first kappa shape index (κ1) is 13.9. The molecule has 2 rings (SSSR count). The summed E-state index contributed by atoms with van der Waals surface area (Å²) in [7, 11) is 1.54. The van der Waals surface area contributed by atoms with Gasteiger partial charge in [0.25, 0.3) is 5.56 Å². The van der Waals surface area contributed by atoms with Gasteiger partial charge < -0.3 is 4.74 Å². The molecule has 6 heteroatoms. The first-order chi connectivity index (χ1) is 8.70. The number of aromatic nitrogens is 2. The van der Waals surface area contributed by atoms with Crippen molar-refractivity contribution < 1.29 is 9.53 Å². The zero-order valence-electron chi connectivity index (χ0n) is 11.2. The molecule has 0 unspecified atom stereocenters. The molecule has 1 aromatic carbocycles. The maximum Gasteiger partial charge on any atom is 0.434 e. The lowest BCUT2D eigenvalue weighted by molar-refractivity contribution is 0.0503. The highest BCUT2D eigenvalue weighted by Gasteiger charge is 2.22. The Morgan fingerprint density at radius 1 is 1.32 bits per heavy atom. The summed E-state index contributed by atoms with van der Waals surface area (Å²) in [4.78, 5) is 24.2. The molecule has 0 aliphatic carbocycles. The van der Waals surface area contributed by atoms with E-state index in [1.54, 1.807) is 46.0 Å². The number of carbonyl (C=O) groups is 1. The molecule has 0 fully saturated rings. The van der Waals surface area contributed by atoms with E-state index < -0.39 is 11.7 Å². The van der Waals surface area contributed by atoms with Crippen molar-refractivity contribution in [3.63, 3.8) is 0 Å². The number of nitrogens with zero attached hydrogens (tertiary/aromatic N) is 2. The second kappa shape index (κ2) is 4.52. The average Bonchev–Trinajstić information content (AvgIpc) is 2.48. The third kappa shape index (κ3) is 2.58. The normalized spacial score (nSPS) is 11.8. The van der Waals surface area contributed by atoms with Gasteiger partial charge in [-0.05, 0) is 39.0 Å². The van der Waals surface area contributed by atoms with Crippen LogP contribution in [0, 0.1) is 0 Å². The Morgan fingerprint density at radius 2 is 1.95 bits per heavy atom. The van der Waals surface area contributed by atoms with Gasteiger partial charge in [-0.2, -0.15) is 4.68 Å². The maximum atomic E-state index is 12.2. The van der Waals surface area contributed by atoms with E-state index in [-0.39, 0.29) is 5.56 Å². The number of halogens is 1. The molecule has 0 atom stereocenters. The first-order valence-corrected chi connectivity index (χ1v) is 6.60. The van der Waals surface area contributed by atoms with E-state index in [1.165, 1.54) is 9.36 Å². The lowest BCUT2D eigenvalue weighted by Gasteiger charge is -2.20. The number of carbonyl (C=O) groups excluding carboxylic acids is 1. The third-order valence-corrected chi connectivity index (χ3v) is 3.07. The molecule has 2 aromatic rings. The van der Waals surface area contributed by atoms with Crippen molar-refractivity contribution in [2.45, 2.75) is 26.4 Å². The topological polar surface area (TPSA) is 53.2 Å². The van der Waals surface area contributed by atoms with Gasteiger partial charge in [-0.15, -0.1) is 0 Å². The molecule has 0 amide bonds. The van der Waals surface area contributed by atoms with Crippen LogP contribution in [0.2, 0.25) is 0 Å². The van der Waals surface area contributed by atoms with Crippen molar-refractivity contribution >= 4 is 32.9 Å². The van der Waals surface area contributed by atoms with E-state index in [0.29, 0.717) is 10.9 Å². The van der Waals surface area contributed by atoms with Crippen LogP contribution in [0.4, 0.5) is 4.79 Å². The third-order valence-electron chi connectivity index (χ3n) is 2.58. The van der Waals surface area contributed by atoms with Crippen LogP contribution in [0.5, 0.6) is 0 Å². The monoisotopic (exact) mass is 326 g/mol. The van der Waals surface area contributed by atoms with Gasteiger partial charge in [0.15, 0.2) is 0 Å². The quantitative estimate of drug-likeness (QED) is 0.748. The molecule has 0 spiro atoms. The summed E-state index contributed by atoms with van der Waals surface area (Å²) in [5, 5.41) is 0.483. The van der Waals surface area contributed by atoms with Crippen molar-refractivity contribution in [2.24, 2.45) is 7.05 Å². The Hall–Kier alpha value is -1.56. The van der Waals surface area contributed by atoms with E-state index in [1.807, 2.05) is 0 Å². The molecule has 0 aliphatic rings. The highest BCUT2D eigenvalue weighted by atomic mass is 79.9. The minimum Gasteiger partial charge on any atom is -0.442 e. The Morgan fingerprint density at radius 3 is 2.53 bits per heavy atom. The number of ether oxygens (including phenoxy) is 1. The Kier molecular flexibility index (Phi) is 3.30. The van der Waals surface area contributed by atoms with Gasteiger partial charge in [-0.25, -0.2) is 9.48 Å². The highest BCUT2D eigenvalue weighted by Crippen LogP contribution is 2.19. The largest absolute Gasteiger partial charge is 0.442 e. The van der Waals surface area contributed by atoms with Crippen molar-refractivity contribution in [3.05, 3.63) is 33.0 Å².